The average molecular weight is 321 g/mol. The van der Waals surface area contributed by atoms with Crippen molar-refractivity contribution in [1.82, 2.24) is 16.5 Å². The summed E-state index contributed by atoms with van der Waals surface area (Å²) in [6.07, 6.45) is 0. The maximum Gasteiger partial charge on any atom is 0.353 e. The number of halogens is 1. The SMILES string of the molecule is Cc1ccc(F)c(N2NNNC2=O)c1N(C)Cc1cccs1. The number of anilines is 2. The first kappa shape index (κ1) is 14.8. The summed E-state index contributed by atoms with van der Waals surface area (Å²) in [5.74, 6) is -0.468. The molecule has 2 aromatic rings. The van der Waals surface area contributed by atoms with Crippen LogP contribution in [-0.2, 0) is 6.54 Å². The van der Waals surface area contributed by atoms with Gasteiger partial charge >= 0.3 is 6.03 Å². The molecule has 116 valence electrons. The summed E-state index contributed by atoms with van der Waals surface area (Å²) in [5, 5.41) is 3.13. The van der Waals surface area contributed by atoms with Crippen molar-refractivity contribution in [1.29, 1.82) is 0 Å². The minimum Gasteiger partial charge on any atom is -0.367 e. The summed E-state index contributed by atoms with van der Waals surface area (Å²) >= 11 is 1.64. The molecule has 3 rings (SSSR count). The number of thiophene rings is 1. The lowest BCUT2D eigenvalue weighted by Gasteiger charge is -2.27. The highest BCUT2D eigenvalue weighted by molar-refractivity contribution is 7.09. The monoisotopic (exact) mass is 321 g/mol. The van der Waals surface area contributed by atoms with Crippen LogP contribution in [0.2, 0.25) is 0 Å². The van der Waals surface area contributed by atoms with Crippen LogP contribution >= 0.6 is 11.3 Å². The molecule has 22 heavy (non-hydrogen) atoms. The van der Waals surface area contributed by atoms with E-state index >= 15 is 0 Å². The van der Waals surface area contributed by atoms with Crippen LogP contribution in [0.3, 0.4) is 0 Å². The van der Waals surface area contributed by atoms with Crippen molar-refractivity contribution in [3.63, 3.8) is 0 Å². The van der Waals surface area contributed by atoms with Gasteiger partial charge in [-0.15, -0.1) is 22.4 Å². The number of hydrogen-bond donors (Lipinski definition) is 3. The molecule has 0 unspecified atom stereocenters. The molecule has 1 aromatic heterocycles. The van der Waals surface area contributed by atoms with E-state index in [0.29, 0.717) is 12.2 Å². The number of aryl methyl sites for hydroxylation is 1. The molecule has 0 spiro atoms. The number of rotatable bonds is 4. The fourth-order valence-corrected chi connectivity index (χ4v) is 3.22. The van der Waals surface area contributed by atoms with E-state index in [4.69, 9.17) is 0 Å². The first-order chi connectivity index (χ1) is 10.6. The Bertz CT molecular complexity index is 691. The molecule has 0 radical (unpaired) electrons. The Hall–Kier alpha value is -2.16. The zero-order valence-electron chi connectivity index (χ0n) is 12.2. The van der Waals surface area contributed by atoms with Crippen molar-refractivity contribution >= 4 is 28.7 Å². The number of urea groups is 1. The third kappa shape index (κ3) is 2.63. The molecule has 1 saturated heterocycles. The van der Waals surface area contributed by atoms with Crippen LogP contribution in [0.25, 0.3) is 0 Å². The van der Waals surface area contributed by atoms with Crippen LogP contribution in [0.5, 0.6) is 0 Å². The number of benzene rings is 1. The molecule has 1 fully saturated rings. The number of hydrogen-bond acceptors (Lipinski definition) is 5. The van der Waals surface area contributed by atoms with E-state index in [9.17, 15) is 9.18 Å². The summed E-state index contributed by atoms with van der Waals surface area (Å²) in [6.45, 7) is 2.53. The number of carbonyl (C=O) groups excluding carboxylic acids is 1. The zero-order chi connectivity index (χ0) is 15.7. The van der Waals surface area contributed by atoms with Gasteiger partial charge in [0.1, 0.15) is 5.69 Å². The van der Waals surface area contributed by atoms with Crippen molar-refractivity contribution in [2.75, 3.05) is 17.0 Å². The fraction of sp³-hybridized carbons (Fsp3) is 0.214. The van der Waals surface area contributed by atoms with E-state index < -0.39 is 11.8 Å². The molecule has 2 amide bonds. The van der Waals surface area contributed by atoms with E-state index in [1.54, 1.807) is 17.4 Å². The molecule has 1 aliphatic rings. The van der Waals surface area contributed by atoms with Crippen molar-refractivity contribution in [3.8, 4) is 0 Å². The van der Waals surface area contributed by atoms with Crippen LogP contribution in [-0.4, -0.2) is 13.1 Å². The Balaban J connectivity index is 2.01. The molecule has 2 heterocycles. The number of nitrogens with zero attached hydrogens (tertiary/aromatic N) is 2. The third-order valence-electron chi connectivity index (χ3n) is 3.42. The fourth-order valence-electron chi connectivity index (χ4n) is 2.47. The minimum absolute atomic E-state index is 0.196. The van der Waals surface area contributed by atoms with Crippen LogP contribution in [0.4, 0.5) is 20.6 Å². The summed E-state index contributed by atoms with van der Waals surface area (Å²) in [7, 11) is 1.88. The van der Waals surface area contributed by atoms with Gasteiger partial charge in [-0.05, 0) is 30.0 Å². The number of amides is 2. The van der Waals surface area contributed by atoms with Gasteiger partial charge in [0, 0.05) is 11.9 Å². The van der Waals surface area contributed by atoms with Crippen LogP contribution < -0.4 is 26.4 Å². The van der Waals surface area contributed by atoms with Crippen LogP contribution in [0, 0.1) is 12.7 Å². The van der Waals surface area contributed by atoms with Crippen molar-refractivity contribution in [3.05, 3.63) is 45.9 Å². The predicted molar refractivity (Wildman–Crippen MR) is 84.8 cm³/mol. The maximum absolute atomic E-state index is 14.4. The first-order valence-electron chi connectivity index (χ1n) is 6.71. The second-order valence-corrected chi connectivity index (χ2v) is 6.03. The summed E-state index contributed by atoms with van der Waals surface area (Å²) in [6, 6.07) is 6.61. The Labute approximate surface area is 131 Å². The molecule has 1 aliphatic heterocycles. The molecule has 0 atom stereocenters. The Kier molecular flexibility index (Phi) is 3.97. The normalized spacial score (nSPS) is 14.3. The number of hydrazine groups is 3. The molecule has 0 saturated carbocycles. The van der Waals surface area contributed by atoms with E-state index in [-0.39, 0.29) is 5.69 Å². The number of nitrogens with one attached hydrogen (secondary N) is 3. The molecule has 0 aliphatic carbocycles. The Morgan fingerprint density at radius 2 is 2.18 bits per heavy atom. The van der Waals surface area contributed by atoms with Gasteiger partial charge in [-0.1, -0.05) is 12.1 Å². The van der Waals surface area contributed by atoms with Gasteiger partial charge < -0.3 is 4.90 Å². The van der Waals surface area contributed by atoms with Gasteiger partial charge in [0.25, 0.3) is 0 Å². The summed E-state index contributed by atoms with van der Waals surface area (Å²) in [4.78, 5) is 14.9. The van der Waals surface area contributed by atoms with Crippen molar-refractivity contribution in [2.45, 2.75) is 13.5 Å². The lowest BCUT2D eigenvalue weighted by molar-refractivity contribution is 0.250. The standard InChI is InChI=1S/C14H16FN5OS/c1-9-5-6-11(15)13(20-14(21)16-17-18-20)12(9)19(2)8-10-4-3-7-22-10/h3-7,17-18H,8H2,1-2H3,(H,16,21). The molecule has 6 nitrogen and oxygen atoms in total. The highest BCUT2D eigenvalue weighted by atomic mass is 32.1. The lowest BCUT2D eigenvalue weighted by Crippen LogP contribution is -2.39. The largest absolute Gasteiger partial charge is 0.367 e. The van der Waals surface area contributed by atoms with Crippen LogP contribution in [0.1, 0.15) is 10.4 Å². The van der Waals surface area contributed by atoms with Crippen molar-refractivity contribution < 1.29 is 9.18 Å². The topological polar surface area (TPSA) is 59.6 Å². The predicted octanol–water partition coefficient (Wildman–Crippen LogP) is 2.29. The second kappa shape index (κ2) is 5.91. The zero-order valence-corrected chi connectivity index (χ0v) is 13.0. The summed E-state index contributed by atoms with van der Waals surface area (Å²) < 4.78 is 14.4. The average Bonchev–Trinajstić information content (AvgIpc) is 3.12. The Morgan fingerprint density at radius 3 is 2.82 bits per heavy atom. The molecule has 3 N–H and O–H groups in total. The smallest absolute Gasteiger partial charge is 0.353 e. The highest BCUT2D eigenvalue weighted by Gasteiger charge is 2.29. The number of carbonyl (C=O) groups is 1. The maximum atomic E-state index is 14.4. The molecule has 8 heteroatoms. The molecular weight excluding hydrogens is 305 g/mol. The third-order valence-corrected chi connectivity index (χ3v) is 4.28. The molecule has 0 bridgehead atoms. The first-order valence-corrected chi connectivity index (χ1v) is 7.59. The van der Waals surface area contributed by atoms with Gasteiger partial charge in [0.15, 0.2) is 5.82 Å². The Morgan fingerprint density at radius 1 is 1.36 bits per heavy atom. The van der Waals surface area contributed by atoms with E-state index in [2.05, 4.69) is 16.5 Å². The van der Waals surface area contributed by atoms with Crippen LogP contribution in [0.15, 0.2) is 29.6 Å². The molecule has 1 aromatic carbocycles. The lowest BCUT2D eigenvalue weighted by atomic mass is 10.1. The molecular formula is C14H16FN5OS. The van der Waals surface area contributed by atoms with Gasteiger partial charge in [0.2, 0.25) is 0 Å². The summed E-state index contributed by atoms with van der Waals surface area (Å²) in [5.41, 5.74) is 9.19. The van der Waals surface area contributed by atoms with Gasteiger partial charge in [-0.2, -0.15) is 0 Å². The van der Waals surface area contributed by atoms with E-state index in [1.807, 2.05) is 36.4 Å². The van der Waals surface area contributed by atoms with Gasteiger partial charge in [0.05, 0.1) is 12.2 Å². The van der Waals surface area contributed by atoms with Gasteiger partial charge in [-0.25, -0.2) is 14.2 Å². The minimum atomic E-state index is -0.468. The highest BCUT2D eigenvalue weighted by Crippen LogP contribution is 2.35. The van der Waals surface area contributed by atoms with Crippen molar-refractivity contribution in [2.24, 2.45) is 0 Å². The second-order valence-electron chi connectivity index (χ2n) is 5.00. The quantitative estimate of drug-likeness (QED) is 0.809. The van der Waals surface area contributed by atoms with E-state index in [0.717, 1.165) is 15.4 Å². The van der Waals surface area contributed by atoms with E-state index in [1.165, 1.54) is 6.07 Å². The van der Waals surface area contributed by atoms with Gasteiger partial charge in [-0.3, -0.25) is 5.43 Å².